The van der Waals surface area contributed by atoms with Crippen LogP contribution in [0, 0.1) is 0 Å². The molecule has 0 bridgehead atoms. The fourth-order valence-electron chi connectivity index (χ4n) is 2.29. The van der Waals surface area contributed by atoms with Gasteiger partial charge in [0.05, 0.1) is 13.2 Å². The van der Waals surface area contributed by atoms with Gasteiger partial charge in [0.15, 0.2) is 0 Å². The Morgan fingerprint density at radius 1 is 1.00 bits per heavy atom. The lowest BCUT2D eigenvalue weighted by Gasteiger charge is -2.21. The normalized spacial score (nSPS) is 13.8. The lowest BCUT2D eigenvalue weighted by atomic mass is 9.88. The van der Waals surface area contributed by atoms with Gasteiger partial charge >= 0.3 is 0 Å². The monoisotopic (exact) mass is 256 g/mol. The lowest BCUT2D eigenvalue weighted by molar-refractivity contribution is 0.161. The summed E-state index contributed by atoms with van der Waals surface area (Å²) in [5.41, 5.74) is 2.38. The smallest absolute Gasteiger partial charge is 0.118 e. The predicted molar refractivity (Wildman–Crippen MR) is 77.6 cm³/mol. The van der Waals surface area contributed by atoms with Gasteiger partial charge in [-0.15, -0.1) is 0 Å². The fraction of sp³-hybridized carbons (Fsp3) is 0.294. The first-order valence-corrected chi connectivity index (χ1v) is 6.56. The fourth-order valence-corrected chi connectivity index (χ4v) is 2.29. The zero-order chi connectivity index (χ0) is 13.7. The highest BCUT2D eigenvalue weighted by Gasteiger charge is 2.17. The molecular weight excluding hydrogens is 236 g/mol. The molecule has 2 unspecified atom stereocenters. The first kappa shape index (κ1) is 13.6. The van der Waals surface area contributed by atoms with E-state index in [0.29, 0.717) is 0 Å². The van der Waals surface area contributed by atoms with Crippen LogP contribution in [0.25, 0.3) is 0 Å². The Morgan fingerprint density at radius 3 is 2.16 bits per heavy atom. The number of aliphatic hydroxyl groups excluding tert-OH is 1. The summed E-state index contributed by atoms with van der Waals surface area (Å²) < 4.78 is 5.17. The number of hydrogen-bond donors (Lipinski definition) is 1. The molecular formula is C17H20O2. The van der Waals surface area contributed by atoms with Crippen molar-refractivity contribution in [3.63, 3.8) is 0 Å². The zero-order valence-corrected chi connectivity index (χ0v) is 11.4. The molecule has 19 heavy (non-hydrogen) atoms. The van der Waals surface area contributed by atoms with E-state index in [4.69, 9.17) is 4.74 Å². The Hall–Kier alpha value is -1.80. The van der Waals surface area contributed by atoms with Crippen LogP contribution in [0.2, 0.25) is 0 Å². The molecule has 0 saturated carbocycles. The first-order valence-electron chi connectivity index (χ1n) is 6.56. The van der Waals surface area contributed by atoms with Crippen LogP contribution in [0.5, 0.6) is 5.75 Å². The van der Waals surface area contributed by atoms with Gasteiger partial charge in [0.25, 0.3) is 0 Å². The molecule has 0 fully saturated rings. The first-order chi connectivity index (χ1) is 9.20. The number of hydrogen-bond acceptors (Lipinski definition) is 2. The standard InChI is InChI=1S/C17H20O2/c1-13(18)17(12-14-6-4-3-5-7-14)15-8-10-16(19-2)11-9-15/h3-11,13,17-18H,12H2,1-2H3. The highest BCUT2D eigenvalue weighted by Crippen LogP contribution is 2.26. The molecule has 0 aliphatic carbocycles. The summed E-state index contributed by atoms with van der Waals surface area (Å²) in [6, 6.07) is 18.2. The van der Waals surface area contributed by atoms with Crippen LogP contribution in [0.15, 0.2) is 54.6 Å². The number of ether oxygens (including phenoxy) is 1. The van der Waals surface area contributed by atoms with Crippen molar-refractivity contribution in [2.45, 2.75) is 25.4 Å². The molecule has 0 aromatic heterocycles. The van der Waals surface area contributed by atoms with Gasteiger partial charge in [-0.25, -0.2) is 0 Å². The van der Waals surface area contributed by atoms with E-state index in [2.05, 4.69) is 12.1 Å². The number of aliphatic hydroxyl groups is 1. The van der Waals surface area contributed by atoms with Gasteiger partial charge in [0, 0.05) is 5.92 Å². The summed E-state index contributed by atoms with van der Waals surface area (Å²) >= 11 is 0. The largest absolute Gasteiger partial charge is 0.497 e. The molecule has 2 rings (SSSR count). The average molecular weight is 256 g/mol. The van der Waals surface area contributed by atoms with Crippen molar-refractivity contribution in [1.29, 1.82) is 0 Å². The third kappa shape index (κ3) is 3.58. The quantitative estimate of drug-likeness (QED) is 0.888. The number of methoxy groups -OCH3 is 1. The molecule has 2 atom stereocenters. The number of rotatable bonds is 5. The van der Waals surface area contributed by atoms with Crippen LogP contribution in [-0.4, -0.2) is 18.3 Å². The Labute approximate surface area is 114 Å². The molecule has 1 N–H and O–H groups in total. The molecule has 2 aromatic rings. The minimum absolute atomic E-state index is 0.105. The van der Waals surface area contributed by atoms with Crippen LogP contribution in [-0.2, 0) is 6.42 Å². The summed E-state index contributed by atoms with van der Waals surface area (Å²) in [5.74, 6) is 0.945. The molecule has 0 aliphatic heterocycles. The minimum atomic E-state index is -0.381. The molecule has 0 radical (unpaired) electrons. The topological polar surface area (TPSA) is 29.5 Å². The molecule has 0 saturated heterocycles. The number of benzene rings is 2. The summed E-state index contributed by atoms with van der Waals surface area (Å²) in [7, 11) is 1.66. The minimum Gasteiger partial charge on any atom is -0.497 e. The highest BCUT2D eigenvalue weighted by molar-refractivity contribution is 5.31. The molecule has 2 nitrogen and oxygen atoms in total. The summed E-state index contributed by atoms with van der Waals surface area (Å²) in [4.78, 5) is 0. The van der Waals surface area contributed by atoms with Gasteiger partial charge in [0.2, 0.25) is 0 Å². The van der Waals surface area contributed by atoms with E-state index in [1.807, 2.05) is 49.4 Å². The summed E-state index contributed by atoms with van der Waals surface area (Å²) in [5, 5.41) is 10.0. The maximum Gasteiger partial charge on any atom is 0.118 e. The zero-order valence-electron chi connectivity index (χ0n) is 11.4. The van der Waals surface area contributed by atoms with Crippen molar-refractivity contribution in [3.05, 3.63) is 65.7 Å². The van der Waals surface area contributed by atoms with Crippen molar-refractivity contribution in [2.24, 2.45) is 0 Å². The lowest BCUT2D eigenvalue weighted by Crippen LogP contribution is -2.17. The molecule has 2 heteroatoms. The van der Waals surface area contributed by atoms with Crippen molar-refractivity contribution in [1.82, 2.24) is 0 Å². The second-order valence-corrected chi connectivity index (χ2v) is 4.81. The van der Waals surface area contributed by atoms with E-state index in [-0.39, 0.29) is 12.0 Å². The maximum atomic E-state index is 10.0. The van der Waals surface area contributed by atoms with Crippen molar-refractivity contribution in [3.8, 4) is 5.75 Å². The van der Waals surface area contributed by atoms with E-state index in [1.54, 1.807) is 7.11 Å². The van der Waals surface area contributed by atoms with Crippen molar-refractivity contribution >= 4 is 0 Å². The van der Waals surface area contributed by atoms with Crippen LogP contribution in [0.3, 0.4) is 0 Å². The summed E-state index contributed by atoms with van der Waals surface area (Å²) in [6.45, 7) is 1.85. The van der Waals surface area contributed by atoms with E-state index < -0.39 is 0 Å². The molecule has 100 valence electrons. The van der Waals surface area contributed by atoms with Gasteiger partial charge in [0.1, 0.15) is 5.75 Å². The van der Waals surface area contributed by atoms with Crippen LogP contribution >= 0.6 is 0 Å². The molecule has 0 heterocycles. The molecule has 0 amide bonds. The van der Waals surface area contributed by atoms with Crippen LogP contribution < -0.4 is 4.74 Å². The third-order valence-electron chi connectivity index (χ3n) is 3.42. The van der Waals surface area contributed by atoms with Crippen molar-refractivity contribution in [2.75, 3.05) is 7.11 Å². The van der Waals surface area contributed by atoms with Gasteiger partial charge in [-0.3, -0.25) is 0 Å². The van der Waals surface area contributed by atoms with Gasteiger partial charge in [-0.1, -0.05) is 42.5 Å². The Kier molecular flexibility index (Phi) is 4.58. The predicted octanol–water partition coefficient (Wildman–Crippen LogP) is 3.40. The van der Waals surface area contributed by atoms with E-state index in [9.17, 15) is 5.11 Å². The van der Waals surface area contributed by atoms with E-state index >= 15 is 0 Å². The summed E-state index contributed by atoms with van der Waals surface area (Å²) in [6.07, 6.45) is 0.457. The highest BCUT2D eigenvalue weighted by atomic mass is 16.5. The Balaban J connectivity index is 2.19. The molecule has 0 spiro atoms. The molecule has 2 aromatic carbocycles. The van der Waals surface area contributed by atoms with Crippen LogP contribution in [0.4, 0.5) is 0 Å². The molecule has 0 aliphatic rings. The Morgan fingerprint density at radius 2 is 1.63 bits per heavy atom. The Bertz CT molecular complexity index is 488. The van der Waals surface area contributed by atoms with Gasteiger partial charge in [-0.2, -0.15) is 0 Å². The second-order valence-electron chi connectivity index (χ2n) is 4.81. The van der Waals surface area contributed by atoms with E-state index in [1.165, 1.54) is 5.56 Å². The SMILES string of the molecule is COc1ccc(C(Cc2ccccc2)C(C)O)cc1. The van der Waals surface area contributed by atoms with Gasteiger partial charge in [-0.05, 0) is 36.6 Å². The van der Waals surface area contributed by atoms with Crippen LogP contribution in [0.1, 0.15) is 24.0 Å². The van der Waals surface area contributed by atoms with E-state index in [0.717, 1.165) is 17.7 Å². The maximum absolute atomic E-state index is 10.0. The third-order valence-corrected chi connectivity index (χ3v) is 3.42. The van der Waals surface area contributed by atoms with Gasteiger partial charge < -0.3 is 9.84 Å². The second kappa shape index (κ2) is 6.39. The average Bonchev–Trinajstić information content (AvgIpc) is 2.46. The van der Waals surface area contributed by atoms with Crippen molar-refractivity contribution < 1.29 is 9.84 Å².